The highest BCUT2D eigenvalue weighted by Crippen LogP contribution is 2.19. The molecule has 0 radical (unpaired) electrons. The minimum absolute atomic E-state index is 0.0557. The monoisotopic (exact) mass is 246 g/mol. The van der Waals surface area contributed by atoms with Gasteiger partial charge in [0.25, 0.3) is 5.91 Å². The standard InChI is InChI=1S/C13H15N3O2/c17-12-11-8-14-6-7-15(11)13(18)16(12)9-10-4-2-1-3-5-10/h1-5,11,14H,6-9H2/p+1/t11-/m1/s1. The number of amides is 3. The lowest BCUT2D eigenvalue weighted by molar-refractivity contribution is -0.665. The number of fused-ring (bicyclic) bond motifs is 1. The first-order chi connectivity index (χ1) is 8.77. The predicted octanol–water partition coefficient (Wildman–Crippen LogP) is -0.604. The molecule has 0 bridgehead atoms. The summed E-state index contributed by atoms with van der Waals surface area (Å²) in [5.74, 6) is -0.0557. The molecule has 2 saturated heterocycles. The molecular weight excluding hydrogens is 230 g/mol. The maximum Gasteiger partial charge on any atom is 0.328 e. The van der Waals surface area contributed by atoms with Crippen molar-refractivity contribution in [2.24, 2.45) is 0 Å². The minimum atomic E-state index is -0.255. The third-order valence-corrected chi connectivity index (χ3v) is 3.55. The Morgan fingerprint density at radius 3 is 2.72 bits per heavy atom. The first-order valence-corrected chi connectivity index (χ1v) is 6.25. The van der Waals surface area contributed by atoms with Crippen LogP contribution < -0.4 is 5.32 Å². The summed E-state index contributed by atoms with van der Waals surface area (Å²) in [6, 6.07) is 9.24. The Bertz CT molecular complexity index is 450. The van der Waals surface area contributed by atoms with Crippen LogP contribution in [0.2, 0.25) is 0 Å². The lowest BCUT2D eigenvalue weighted by Crippen LogP contribution is -2.91. The molecule has 0 spiro atoms. The van der Waals surface area contributed by atoms with Crippen LogP contribution in [0, 0.1) is 0 Å². The van der Waals surface area contributed by atoms with Crippen molar-refractivity contribution in [3.05, 3.63) is 35.9 Å². The van der Waals surface area contributed by atoms with E-state index in [0.717, 1.165) is 12.1 Å². The van der Waals surface area contributed by atoms with Crippen molar-refractivity contribution in [2.75, 3.05) is 19.6 Å². The van der Waals surface area contributed by atoms with Crippen molar-refractivity contribution >= 4 is 11.9 Å². The molecule has 2 aliphatic heterocycles. The van der Waals surface area contributed by atoms with Crippen LogP contribution in [-0.4, -0.2) is 47.4 Å². The van der Waals surface area contributed by atoms with Gasteiger partial charge in [-0.3, -0.25) is 9.69 Å². The molecule has 2 aliphatic rings. The SMILES string of the molecule is O=C1[C@H]2C[NH2+]CCN2C(=O)N1Cc1ccccc1. The van der Waals surface area contributed by atoms with Crippen molar-refractivity contribution < 1.29 is 14.9 Å². The van der Waals surface area contributed by atoms with Gasteiger partial charge < -0.3 is 10.2 Å². The van der Waals surface area contributed by atoms with Gasteiger partial charge in [-0.15, -0.1) is 0 Å². The molecule has 3 rings (SSSR count). The van der Waals surface area contributed by atoms with Gasteiger partial charge in [0.2, 0.25) is 0 Å². The van der Waals surface area contributed by atoms with E-state index in [0.29, 0.717) is 19.6 Å². The summed E-state index contributed by atoms with van der Waals surface area (Å²) in [5.41, 5.74) is 0.989. The number of quaternary nitrogens is 1. The molecule has 2 heterocycles. The van der Waals surface area contributed by atoms with E-state index >= 15 is 0 Å². The zero-order chi connectivity index (χ0) is 12.5. The number of nitrogens with zero attached hydrogens (tertiary/aromatic N) is 2. The molecule has 0 saturated carbocycles. The number of rotatable bonds is 2. The molecular formula is C13H16N3O2+. The van der Waals surface area contributed by atoms with E-state index in [1.807, 2.05) is 30.3 Å². The number of piperazine rings is 1. The maximum atomic E-state index is 12.2. The largest absolute Gasteiger partial charge is 0.343 e. The van der Waals surface area contributed by atoms with Gasteiger partial charge in [-0.25, -0.2) is 4.79 Å². The molecule has 0 unspecified atom stereocenters. The lowest BCUT2D eigenvalue weighted by atomic mass is 10.2. The number of hydrogen-bond donors (Lipinski definition) is 1. The van der Waals surface area contributed by atoms with Crippen LogP contribution in [0.15, 0.2) is 30.3 Å². The van der Waals surface area contributed by atoms with Crippen LogP contribution in [0.1, 0.15) is 5.56 Å². The minimum Gasteiger partial charge on any atom is -0.343 e. The number of nitrogens with two attached hydrogens (primary N) is 1. The van der Waals surface area contributed by atoms with E-state index in [1.54, 1.807) is 4.90 Å². The first-order valence-electron chi connectivity index (χ1n) is 6.25. The summed E-state index contributed by atoms with van der Waals surface area (Å²) in [5, 5.41) is 2.10. The Hall–Kier alpha value is -1.88. The third-order valence-electron chi connectivity index (χ3n) is 3.55. The van der Waals surface area contributed by atoms with Crippen LogP contribution in [0.4, 0.5) is 4.79 Å². The number of hydrogen-bond acceptors (Lipinski definition) is 2. The van der Waals surface area contributed by atoms with Crippen molar-refractivity contribution in [1.82, 2.24) is 9.80 Å². The molecule has 94 valence electrons. The summed E-state index contributed by atoms with van der Waals surface area (Å²) in [7, 11) is 0. The van der Waals surface area contributed by atoms with Crippen LogP contribution in [0.5, 0.6) is 0 Å². The van der Waals surface area contributed by atoms with Gasteiger partial charge in [-0.2, -0.15) is 0 Å². The molecule has 1 atom stereocenters. The van der Waals surface area contributed by atoms with Crippen LogP contribution in [-0.2, 0) is 11.3 Å². The fourth-order valence-electron chi connectivity index (χ4n) is 2.59. The van der Waals surface area contributed by atoms with Crippen molar-refractivity contribution in [2.45, 2.75) is 12.6 Å². The Kier molecular flexibility index (Phi) is 2.76. The van der Waals surface area contributed by atoms with Crippen molar-refractivity contribution in [1.29, 1.82) is 0 Å². The second kappa shape index (κ2) is 4.42. The van der Waals surface area contributed by atoms with Gasteiger partial charge in [0.15, 0.2) is 6.04 Å². The molecule has 5 heteroatoms. The molecule has 0 aromatic heterocycles. The normalized spacial score (nSPS) is 23.4. The highest BCUT2D eigenvalue weighted by atomic mass is 16.2. The summed E-state index contributed by atoms with van der Waals surface area (Å²) in [4.78, 5) is 27.4. The summed E-state index contributed by atoms with van der Waals surface area (Å²) in [6.45, 7) is 2.62. The van der Waals surface area contributed by atoms with Gasteiger partial charge in [-0.1, -0.05) is 30.3 Å². The van der Waals surface area contributed by atoms with E-state index in [2.05, 4.69) is 5.32 Å². The van der Waals surface area contributed by atoms with Crippen molar-refractivity contribution in [3.8, 4) is 0 Å². The number of urea groups is 1. The quantitative estimate of drug-likeness (QED) is 0.708. The highest BCUT2D eigenvalue weighted by Gasteiger charge is 2.47. The van der Waals surface area contributed by atoms with Gasteiger partial charge in [-0.05, 0) is 5.56 Å². The number of imide groups is 1. The molecule has 18 heavy (non-hydrogen) atoms. The van der Waals surface area contributed by atoms with Gasteiger partial charge in [0.1, 0.15) is 6.54 Å². The van der Waals surface area contributed by atoms with E-state index < -0.39 is 0 Å². The first kappa shape index (κ1) is 11.2. The van der Waals surface area contributed by atoms with Gasteiger partial charge >= 0.3 is 6.03 Å². The van der Waals surface area contributed by atoms with E-state index in [4.69, 9.17) is 0 Å². The lowest BCUT2D eigenvalue weighted by Gasteiger charge is -2.24. The number of carbonyl (C=O) groups excluding carboxylic acids is 2. The van der Waals surface area contributed by atoms with E-state index in [-0.39, 0.29) is 18.0 Å². The zero-order valence-electron chi connectivity index (χ0n) is 10.1. The smallest absolute Gasteiger partial charge is 0.328 e. The Labute approximate surface area is 105 Å². The molecule has 3 amide bonds. The summed E-state index contributed by atoms with van der Waals surface area (Å²) < 4.78 is 0. The average Bonchev–Trinajstić information content (AvgIpc) is 2.66. The van der Waals surface area contributed by atoms with Gasteiger partial charge in [0.05, 0.1) is 19.6 Å². The number of benzene rings is 1. The topological polar surface area (TPSA) is 57.2 Å². The molecule has 1 aromatic carbocycles. The molecule has 0 aliphatic carbocycles. The fraction of sp³-hybridized carbons (Fsp3) is 0.385. The fourth-order valence-corrected chi connectivity index (χ4v) is 2.59. The molecule has 2 fully saturated rings. The Morgan fingerprint density at radius 1 is 1.22 bits per heavy atom. The summed E-state index contributed by atoms with van der Waals surface area (Å²) in [6.07, 6.45) is 0. The van der Waals surface area contributed by atoms with E-state index in [9.17, 15) is 9.59 Å². The van der Waals surface area contributed by atoms with Crippen LogP contribution in [0.25, 0.3) is 0 Å². The van der Waals surface area contributed by atoms with Crippen LogP contribution in [0.3, 0.4) is 0 Å². The maximum absolute atomic E-state index is 12.2. The average molecular weight is 246 g/mol. The molecule has 5 nitrogen and oxygen atoms in total. The van der Waals surface area contributed by atoms with Crippen LogP contribution >= 0.6 is 0 Å². The predicted molar refractivity (Wildman–Crippen MR) is 64.5 cm³/mol. The van der Waals surface area contributed by atoms with Crippen molar-refractivity contribution in [3.63, 3.8) is 0 Å². The molecule has 1 aromatic rings. The highest BCUT2D eigenvalue weighted by molar-refractivity contribution is 6.04. The van der Waals surface area contributed by atoms with E-state index in [1.165, 1.54) is 4.90 Å². The summed E-state index contributed by atoms with van der Waals surface area (Å²) >= 11 is 0. The molecule has 2 N–H and O–H groups in total. The number of carbonyl (C=O) groups is 2. The Balaban J connectivity index is 1.80. The second-order valence-electron chi connectivity index (χ2n) is 4.71. The van der Waals surface area contributed by atoms with Gasteiger partial charge in [0, 0.05) is 0 Å². The zero-order valence-corrected chi connectivity index (χ0v) is 10.1. The second-order valence-corrected chi connectivity index (χ2v) is 4.71. The third kappa shape index (κ3) is 1.76. The Morgan fingerprint density at radius 2 is 2.00 bits per heavy atom.